The number of thiocarbonyl (C=S) groups is 1. The van der Waals surface area contributed by atoms with Crippen LogP contribution >= 0.6 is 35.4 Å². The van der Waals surface area contributed by atoms with Crippen LogP contribution in [0.3, 0.4) is 0 Å². The zero-order chi connectivity index (χ0) is 21.4. The second kappa shape index (κ2) is 8.07. The van der Waals surface area contributed by atoms with Crippen LogP contribution in [0.1, 0.15) is 11.3 Å². The number of hydrogen-bond acceptors (Lipinski definition) is 4. The van der Waals surface area contributed by atoms with E-state index in [4.69, 9.17) is 39.8 Å². The zero-order valence-electron chi connectivity index (χ0n) is 15.6. The quantitative estimate of drug-likeness (QED) is 0.325. The van der Waals surface area contributed by atoms with Crippen molar-refractivity contribution in [3.05, 3.63) is 81.5 Å². The summed E-state index contributed by atoms with van der Waals surface area (Å²) in [7, 11) is 0. The Hall–Kier alpha value is -2.93. The topological polar surface area (TPSA) is 62.6 Å². The molecule has 0 unspecified atom stereocenters. The Morgan fingerprint density at radius 1 is 1.03 bits per heavy atom. The molecule has 5 nitrogen and oxygen atoms in total. The van der Waals surface area contributed by atoms with Crippen LogP contribution in [-0.2, 0) is 9.59 Å². The number of amides is 2. The molecule has 0 radical (unpaired) electrons. The van der Waals surface area contributed by atoms with Crippen LogP contribution < -0.4 is 10.2 Å². The van der Waals surface area contributed by atoms with Gasteiger partial charge in [-0.3, -0.25) is 19.8 Å². The molecule has 8 heteroatoms. The van der Waals surface area contributed by atoms with E-state index in [1.807, 2.05) is 19.1 Å². The van der Waals surface area contributed by atoms with E-state index in [2.05, 4.69) is 5.32 Å². The van der Waals surface area contributed by atoms with Crippen LogP contribution in [0.4, 0.5) is 5.69 Å². The summed E-state index contributed by atoms with van der Waals surface area (Å²) in [5.41, 5.74) is 2.15. The minimum absolute atomic E-state index is 0.00102. The van der Waals surface area contributed by atoms with Crippen molar-refractivity contribution in [2.24, 2.45) is 0 Å². The first-order valence-corrected chi connectivity index (χ1v) is 10.0. The summed E-state index contributed by atoms with van der Waals surface area (Å²) < 4.78 is 5.81. The van der Waals surface area contributed by atoms with Crippen LogP contribution in [0.25, 0.3) is 17.4 Å². The Kier molecular flexibility index (Phi) is 5.47. The molecular formula is C22H14Cl2N2O3S. The SMILES string of the molecule is Cc1ccc(-c2ccc(C=C3C(=O)NC(=S)N(c4ccc(Cl)cc4)C3=O)o2)cc1Cl. The highest BCUT2D eigenvalue weighted by molar-refractivity contribution is 7.80. The third kappa shape index (κ3) is 3.89. The van der Waals surface area contributed by atoms with Gasteiger partial charge in [-0.15, -0.1) is 0 Å². The molecule has 0 bridgehead atoms. The van der Waals surface area contributed by atoms with Crippen LogP contribution in [0.5, 0.6) is 0 Å². The molecule has 1 aromatic heterocycles. The zero-order valence-corrected chi connectivity index (χ0v) is 17.9. The molecular weight excluding hydrogens is 443 g/mol. The Balaban J connectivity index is 1.67. The fraction of sp³-hybridized carbons (Fsp3) is 0.0455. The summed E-state index contributed by atoms with van der Waals surface area (Å²) >= 11 is 17.3. The summed E-state index contributed by atoms with van der Waals surface area (Å²) in [5, 5.41) is 3.68. The maximum Gasteiger partial charge on any atom is 0.270 e. The smallest absolute Gasteiger partial charge is 0.270 e. The maximum absolute atomic E-state index is 13.0. The number of benzene rings is 2. The van der Waals surface area contributed by atoms with Gasteiger partial charge in [-0.25, -0.2) is 0 Å². The van der Waals surface area contributed by atoms with Crippen molar-refractivity contribution in [2.45, 2.75) is 6.92 Å². The molecule has 3 aromatic rings. The molecule has 150 valence electrons. The van der Waals surface area contributed by atoms with E-state index >= 15 is 0 Å². The van der Waals surface area contributed by atoms with Crippen molar-refractivity contribution < 1.29 is 14.0 Å². The number of nitrogens with one attached hydrogen (secondary N) is 1. The molecule has 1 fully saturated rings. The Labute approximate surface area is 187 Å². The predicted molar refractivity (Wildman–Crippen MR) is 122 cm³/mol. The average Bonchev–Trinajstić information content (AvgIpc) is 3.17. The van der Waals surface area contributed by atoms with E-state index in [1.54, 1.807) is 42.5 Å². The van der Waals surface area contributed by atoms with Crippen LogP contribution in [0.15, 0.2) is 64.6 Å². The van der Waals surface area contributed by atoms with Gasteiger partial charge in [-0.05, 0) is 73.2 Å². The summed E-state index contributed by atoms with van der Waals surface area (Å²) in [6, 6.07) is 15.6. The largest absolute Gasteiger partial charge is 0.457 e. The number of carbonyl (C=O) groups is 2. The number of hydrogen-bond donors (Lipinski definition) is 1. The molecule has 30 heavy (non-hydrogen) atoms. The third-order valence-corrected chi connectivity index (χ3v) is 5.50. The summed E-state index contributed by atoms with van der Waals surface area (Å²) in [6.07, 6.45) is 1.39. The van der Waals surface area contributed by atoms with Gasteiger partial charge < -0.3 is 4.42 Å². The van der Waals surface area contributed by atoms with E-state index in [-0.39, 0.29) is 10.7 Å². The van der Waals surface area contributed by atoms with Crippen molar-refractivity contribution in [3.63, 3.8) is 0 Å². The van der Waals surface area contributed by atoms with Gasteiger partial charge in [-0.1, -0.05) is 35.3 Å². The molecule has 1 N–H and O–H groups in total. The van der Waals surface area contributed by atoms with Crippen molar-refractivity contribution in [2.75, 3.05) is 4.90 Å². The van der Waals surface area contributed by atoms with Gasteiger partial charge in [0.15, 0.2) is 5.11 Å². The molecule has 0 spiro atoms. The number of carbonyl (C=O) groups excluding carboxylic acids is 2. The lowest BCUT2D eigenvalue weighted by atomic mass is 10.1. The number of halogens is 2. The average molecular weight is 457 g/mol. The maximum atomic E-state index is 13.0. The molecule has 0 saturated carbocycles. The minimum atomic E-state index is -0.591. The monoisotopic (exact) mass is 456 g/mol. The van der Waals surface area contributed by atoms with Gasteiger partial charge in [-0.2, -0.15) is 0 Å². The van der Waals surface area contributed by atoms with E-state index < -0.39 is 11.8 Å². The molecule has 2 amide bonds. The first kappa shape index (κ1) is 20.3. The lowest BCUT2D eigenvalue weighted by molar-refractivity contribution is -0.122. The molecule has 0 aliphatic carbocycles. The molecule has 4 rings (SSSR count). The highest BCUT2D eigenvalue weighted by Gasteiger charge is 2.34. The third-order valence-electron chi connectivity index (χ3n) is 4.56. The number of nitrogens with zero attached hydrogens (tertiary/aromatic N) is 1. The molecule has 0 atom stereocenters. The van der Waals surface area contributed by atoms with Crippen LogP contribution in [0, 0.1) is 6.92 Å². The second-order valence-corrected chi connectivity index (χ2v) is 7.83. The first-order valence-electron chi connectivity index (χ1n) is 8.87. The number of furan rings is 1. The first-order chi connectivity index (χ1) is 14.3. The fourth-order valence-corrected chi connectivity index (χ4v) is 3.54. The van der Waals surface area contributed by atoms with Crippen LogP contribution in [-0.4, -0.2) is 16.9 Å². The van der Waals surface area contributed by atoms with E-state index in [0.717, 1.165) is 11.1 Å². The highest BCUT2D eigenvalue weighted by Crippen LogP contribution is 2.29. The number of aryl methyl sites for hydroxylation is 1. The lowest BCUT2D eigenvalue weighted by Crippen LogP contribution is -2.54. The summed E-state index contributed by atoms with van der Waals surface area (Å²) in [5.74, 6) is -0.226. The van der Waals surface area contributed by atoms with Crippen LogP contribution in [0.2, 0.25) is 10.0 Å². The van der Waals surface area contributed by atoms with Gasteiger partial charge in [0.1, 0.15) is 17.1 Å². The van der Waals surface area contributed by atoms with Gasteiger partial charge >= 0.3 is 0 Å². The predicted octanol–water partition coefficient (Wildman–Crippen LogP) is 5.39. The van der Waals surface area contributed by atoms with E-state index in [0.29, 0.717) is 27.3 Å². The minimum Gasteiger partial charge on any atom is -0.457 e. The summed E-state index contributed by atoms with van der Waals surface area (Å²) in [6.45, 7) is 1.91. The Bertz CT molecular complexity index is 1220. The number of anilines is 1. The summed E-state index contributed by atoms with van der Waals surface area (Å²) in [4.78, 5) is 26.7. The lowest BCUT2D eigenvalue weighted by Gasteiger charge is -2.28. The van der Waals surface area contributed by atoms with E-state index in [9.17, 15) is 9.59 Å². The van der Waals surface area contributed by atoms with Gasteiger partial charge in [0.05, 0.1) is 5.69 Å². The normalized spacial score (nSPS) is 15.6. The molecule has 2 aromatic carbocycles. The van der Waals surface area contributed by atoms with Crippen molar-refractivity contribution in [1.29, 1.82) is 0 Å². The second-order valence-electron chi connectivity index (χ2n) is 6.60. The molecule has 1 saturated heterocycles. The van der Waals surface area contributed by atoms with Gasteiger partial charge in [0, 0.05) is 15.6 Å². The fourth-order valence-electron chi connectivity index (χ4n) is 2.96. The van der Waals surface area contributed by atoms with Crippen molar-refractivity contribution in [1.82, 2.24) is 5.32 Å². The number of rotatable bonds is 3. The molecule has 1 aliphatic heterocycles. The Morgan fingerprint density at radius 3 is 2.47 bits per heavy atom. The van der Waals surface area contributed by atoms with Crippen molar-refractivity contribution in [3.8, 4) is 11.3 Å². The highest BCUT2D eigenvalue weighted by atomic mass is 35.5. The van der Waals surface area contributed by atoms with Crippen molar-refractivity contribution >= 4 is 64.1 Å². The molecule has 1 aliphatic rings. The Morgan fingerprint density at radius 2 is 1.77 bits per heavy atom. The standard InChI is InChI=1S/C22H14Cl2N2O3S/c1-12-2-3-13(10-18(12)24)19-9-8-16(29-19)11-17-20(27)25-22(30)26(21(17)28)15-6-4-14(23)5-7-15/h2-11H,1H3,(H,25,27,30). The van der Waals surface area contributed by atoms with E-state index in [1.165, 1.54) is 11.0 Å². The molecule has 2 heterocycles. The van der Waals surface area contributed by atoms with Gasteiger partial charge in [0.2, 0.25) is 0 Å². The van der Waals surface area contributed by atoms with Gasteiger partial charge in [0.25, 0.3) is 11.8 Å².